The largest absolute Gasteiger partial charge is 0.494 e. The third-order valence-electron chi connectivity index (χ3n) is 3.30. The molecule has 0 radical (unpaired) electrons. The van der Waals surface area contributed by atoms with Crippen molar-refractivity contribution in [3.8, 4) is 5.75 Å². The summed E-state index contributed by atoms with van der Waals surface area (Å²) in [4.78, 5) is 12.1. The molecule has 3 heteroatoms. The van der Waals surface area contributed by atoms with E-state index in [1.54, 1.807) is 0 Å². The molecular formula is C18H21NO2. The highest BCUT2D eigenvalue weighted by Crippen LogP contribution is 2.17. The minimum Gasteiger partial charge on any atom is -0.494 e. The SMILES string of the molecule is CCOc1ccc(NC(=O)Cc2cc(C)ccc2C)cc1. The quantitative estimate of drug-likeness (QED) is 0.904. The van der Waals surface area contributed by atoms with Gasteiger partial charge in [0.05, 0.1) is 13.0 Å². The summed E-state index contributed by atoms with van der Waals surface area (Å²) in [5.41, 5.74) is 4.17. The molecule has 0 aromatic heterocycles. The number of carbonyl (C=O) groups excluding carboxylic acids is 1. The topological polar surface area (TPSA) is 38.3 Å². The second kappa shape index (κ2) is 6.93. The minimum atomic E-state index is -0.00661. The minimum absolute atomic E-state index is 0.00661. The molecule has 3 nitrogen and oxygen atoms in total. The molecule has 2 rings (SSSR count). The average molecular weight is 283 g/mol. The Morgan fingerprint density at radius 3 is 2.48 bits per heavy atom. The first-order valence-electron chi connectivity index (χ1n) is 7.17. The Kier molecular flexibility index (Phi) is 4.99. The van der Waals surface area contributed by atoms with Gasteiger partial charge in [-0.3, -0.25) is 4.79 Å². The lowest BCUT2D eigenvalue weighted by molar-refractivity contribution is -0.115. The Labute approximate surface area is 126 Å². The van der Waals surface area contributed by atoms with Gasteiger partial charge in [-0.2, -0.15) is 0 Å². The molecule has 0 bridgehead atoms. The fraction of sp³-hybridized carbons (Fsp3) is 0.278. The Hall–Kier alpha value is -2.29. The summed E-state index contributed by atoms with van der Waals surface area (Å²) < 4.78 is 5.38. The molecule has 2 aromatic rings. The molecule has 0 unspecified atom stereocenters. The molecule has 1 amide bonds. The Bertz CT molecular complexity index is 618. The highest BCUT2D eigenvalue weighted by Gasteiger charge is 2.07. The summed E-state index contributed by atoms with van der Waals surface area (Å²) in [7, 11) is 0. The van der Waals surface area contributed by atoms with E-state index in [1.165, 1.54) is 5.56 Å². The maximum atomic E-state index is 12.1. The molecule has 0 aliphatic carbocycles. The zero-order valence-electron chi connectivity index (χ0n) is 12.8. The number of aryl methyl sites for hydroxylation is 2. The number of hydrogen-bond donors (Lipinski definition) is 1. The van der Waals surface area contributed by atoms with Gasteiger partial charge < -0.3 is 10.1 Å². The lowest BCUT2D eigenvalue weighted by Crippen LogP contribution is -2.15. The number of anilines is 1. The van der Waals surface area contributed by atoms with Crippen molar-refractivity contribution >= 4 is 11.6 Å². The van der Waals surface area contributed by atoms with E-state index < -0.39 is 0 Å². The molecule has 2 aromatic carbocycles. The molecule has 0 aliphatic heterocycles. The van der Waals surface area contributed by atoms with Gasteiger partial charge in [-0.15, -0.1) is 0 Å². The first-order valence-corrected chi connectivity index (χ1v) is 7.17. The van der Waals surface area contributed by atoms with Gasteiger partial charge in [-0.25, -0.2) is 0 Å². The van der Waals surface area contributed by atoms with Crippen LogP contribution in [0.3, 0.4) is 0 Å². The van der Waals surface area contributed by atoms with Crippen molar-refractivity contribution in [1.29, 1.82) is 0 Å². The van der Waals surface area contributed by atoms with Gasteiger partial charge in [0, 0.05) is 5.69 Å². The van der Waals surface area contributed by atoms with Crippen LogP contribution in [0.4, 0.5) is 5.69 Å². The van der Waals surface area contributed by atoms with Gasteiger partial charge in [-0.1, -0.05) is 23.8 Å². The number of nitrogens with one attached hydrogen (secondary N) is 1. The fourth-order valence-electron chi connectivity index (χ4n) is 2.17. The predicted octanol–water partition coefficient (Wildman–Crippen LogP) is 3.88. The first-order chi connectivity index (χ1) is 10.1. The van der Waals surface area contributed by atoms with Crippen LogP contribution in [0.25, 0.3) is 0 Å². The third-order valence-corrected chi connectivity index (χ3v) is 3.30. The van der Waals surface area contributed by atoms with Crippen molar-refractivity contribution in [2.75, 3.05) is 11.9 Å². The van der Waals surface area contributed by atoms with Crippen molar-refractivity contribution < 1.29 is 9.53 Å². The molecule has 0 atom stereocenters. The van der Waals surface area contributed by atoms with Gasteiger partial charge >= 0.3 is 0 Å². The predicted molar refractivity (Wildman–Crippen MR) is 85.9 cm³/mol. The molecule has 1 N–H and O–H groups in total. The van der Waals surface area contributed by atoms with Gasteiger partial charge in [-0.05, 0) is 56.2 Å². The van der Waals surface area contributed by atoms with Crippen LogP contribution in [0, 0.1) is 13.8 Å². The van der Waals surface area contributed by atoms with Gasteiger partial charge in [0.2, 0.25) is 5.91 Å². The molecule has 0 fully saturated rings. The van der Waals surface area contributed by atoms with Gasteiger partial charge in [0.1, 0.15) is 5.75 Å². The monoisotopic (exact) mass is 283 g/mol. The maximum Gasteiger partial charge on any atom is 0.228 e. The van der Waals surface area contributed by atoms with Crippen molar-refractivity contribution in [3.63, 3.8) is 0 Å². The zero-order valence-corrected chi connectivity index (χ0v) is 12.8. The zero-order chi connectivity index (χ0) is 15.2. The van der Waals surface area contributed by atoms with Crippen LogP contribution < -0.4 is 10.1 Å². The number of hydrogen-bond acceptors (Lipinski definition) is 2. The van der Waals surface area contributed by atoms with E-state index in [4.69, 9.17) is 4.74 Å². The summed E-state index contributed by atoms with van der Waals surface area (Å²) in [6.45, 7) is 6.64. The molecule has 0 spiro atoms. The van der Waals surface area contributed by atoms with E-state index in [0.717, 1.165) is 22.6 Å². The van der Waals surface area contributed by atoms with E-state index in [-0.39, 0.29) is 5.91 Å². The van der Waals surface area contributed by atoms with Crippen LogP contribution in [0.1, 0.15) is 23.6 Å². The van der Waals surface area contributed by atoms with E-state index in [9.17, 15) is 4.79 Å². The van der Waals surface area contributed by atoms with Crippen LogP contribution in [0.15, 0.2) is 42.5 Å². The number of carbonyl (C=O) groups is 1. The average Bonchev–Trinajstić information content (AvgIpc) is 2.45. The van der Waals surface area contributed by atoms with Crippen LogP contribution >= 0.6 is 0 Å². The van der Waals surface area contributed by atoms with E-state index in [0.29, 0.717) is 13.0 Å². The normalized spacial score (nSPS) is 10.2. The highest BCUT2D eigenvalue weighted by molar-refractivity contribution is 5.92. The Morgan fingerprint density at radius 2 is 1.81 bits per heavy atom. The smallest absolute Gasteiger partial charge is 0.228 e. The summed E-state index contributed by atoms with van der Waals surface area (Å²) in [6, 6.07) is 13.6. The van der Waals surface area contributed by atoms with Crippen molar-refractivity contribution in [2.24, 2.45) is 0 Å². The van der Waals surface area contributed by atoms with Crippen molar-refractivity contribution in [3.05, 3.63) is 59.2 Å². The second-order valence-electron chi connectivity index (χ2n) is 5.11. The van der Waals surface area contributed by atoms with Crippen LogP contribution in [0.2, 0.25) is 0 Å². The fourth-order valence-corrected chi connectivity index (χ4v) is 2.17. The number of amides is 1. The number of ether oxygens (including phenoxy) is 1. The summed E-state index contributed by atoms with van der Waals surface area (Å²) in [5, 5.41) is 2.91. The molecule has 0 heterocycles. The molecule has 0 saturated carbocycles. The molecule has 0 aliphatic rings. The van der Waals surface area contributed by atoms with Crippen LogP contribution in [-0.2, 0) is 11.2 Å². The van der Waals surface area contributed by atoms with E-state index in [2.05, 4.69) is 23.5 Å². The molecule has 21 heavy (non-hydrogen) atoms. The Morgan fingerprint density at radius 1 is 1.10 bits per heavy atom. The van der Waals surface area contributed by atoms with E-state index in [1.807, 2.05) is 45.0 Å². The van der Waals surface area contributed by atoms with Crippen LogP contribution in [0.5, 0.6) is 5.75 Å². The first kappa shape index (κ1) is 15.1. The third kappa shape index (κ3) is 4.35. The van der Waals surface area contributed by atoms with Crippen molar-refractivity contribution in [1.82, 2.24) is 0 Å². The molecular weight excluding hydrogens is 262 g/mol. The summed E-state index contributed by atoms with van der Waals surface area (Å²) in [5.74, 6) is 0.804. The van der Waals surface area contributed by atoms with Gasteiger partial charge in [0.25, 0.3) is 0 Å². The number of rotatable bonds is 5. The van der Waals surface area contributed by atoms with Crippen LogP contribution in [-0.4, -0.2) is 12.5 Å². The standard InChI is InChI=1S/C18H21NO2/c1-4-21-17-9-7-16(8-10-17)19-18(20)12-15-11-13(2)5-6-14(15)3/h5-11H,4,12H2,1-3H3,(H,19,20). The lowest BCUT2D eigenvalue weighted by atomic mass is 10.0. The van der Waals surface area contributed by atoms with Gasteiger partial charge in [0.15, 0.2) is 0 Å². The van der Waals surface area contributed by atoms with Crippen molar-refractivity contribution in [2.45, 2.75) is 27.2 Å². The lowest BCUT2D eigenvalue weighted by Gasteiger charge is -2.09. The summed E-state index contributed by atoms with van der Waals surface area (Å²) in [6.07, 6.45) is 0.390. The molecule has 110 valence electrons. The number of benzene rings is 2. The highest BCUT2D eigenvalue weighted by atomic mass is 16.5. The maximum absolute atomic E-state index is 12.1. The molecule has 0 saturated heterocycles. The van der Waals surface area contributed by atoms with E-state index >= 15 is 0 Å². The second-order valence-corrected chi connectivity index (χ2v) is 5.11. The summed E-state index contributed by atoms with van der Waals surface area (Å²) >= 11 is 0. The Balaban J connectivity index is 1.99.